The van der Waals surface area contributed by atoms with Crippen molar-refractivity contribution in [3.05, 3.63) is 65.7 Å². The maximum atomic E-state index is 12.9. The van der Waals surface area contributed by atoms with Crippen LogP contribution in [0.15, 0.2) is 70.5 Å². The zero-order valence-corrected chi connectivity index (χ0v) is 19.3. The third kappa shape index (κ3) is 5.06. The molecule has 3 aromatic carbocycles. The molecule has 1 saturated heterocycles. The van der Waals surface area contributed by atoms with Gasteiger partial charge in [-0.25, -0.2) is 8.42 Å². The van der Waals surface area contributed by atoms with Crippen LogP contribution in [0, 0.1) is 0 Å². The molecule has 3 aromatic rings. The number of halogens is 1. The summed E-state index contributed by atoms with van der Waals surface area (Å²) in [6.45, 7) is 1.09. The fraction of sp³-hybridized carbons (Fsp3) is 0.261. The second kappa shape index (κ2) is 9.61. The van der Waals surface area contributed by atoms with Gasteiger partial charge in [-0.3, -0.25) is 4.79 Å². The number of carbonyl (C=O) groups excluding carboxylic acids is 1. The number of thioether (sulfide) groups is 1. The van der Waals surface area contributed by atoms with E-state index in [1.807, 2.05) is 36.4 Å². The number of fused-ring (bicyclic) bond motifs is 1. The average molecular weight is 475 g/mol. The van der Waals surface area contributed by atoms with Crippen LogP contribution in [-0.4, -0.2) is 37.5 Å². The number of carbonyl (C=O) groups is 1. The number of anilines is 1. The van der Waals surface area contributed by atoms with Crippen molar-refractivity contribution in [2.24, 2.45) is 0 Å². The number of benzene rings is 3. The number of hydrogen-bond acceptors (Lipinski definition) is 4. The van der Waals surface area contributed by atoms with Gasteiger partial charge in [-0.1, -0.05) is 48.4 Å². The van der Waals surface area contributed by atoms with Crippen LogP contribution in [0.3, 0.4) is 0 Å². The SMILES string of the molecule is O=C(CSc1cccc2cccc(Cl)c12)Nc1cccc(S(=O)(=O)N2CCCCC2)c1. The molecule has 1 aliphatic heterocycles. The molecule has 162 valence electrons. The molecule has 0 unspecified atom stereocenters. The van der Waals surface area contributed by atoms with Gasteiger partial charge in [0, 0.05) is 34.1 Å². The highest BCUT2D eigenvalue weighted by molar-refractivity contribution is 8.00. The Morgan fingerprint density at radius 1 is 1.00 bits per heavy atom. The van der Waals surface area contributed by atoms with E-state index in [0.29, 0.717) is 23.8 Å². The van der Waals surface area contributed by atoms with Crippen LogP contribution in [0.1, 0.15) is 19.3 Å². The summed E-state index contributed by atoms with van der Waals surface area (Å²) in [5.41, 5.74) is 0.472. The van der Waals surface area contributed by atoms with Crippen LogP contribution in [0.5, 0.6) is 0 Å². The van der Waals surface area contributed by atoms with Crippen molar-refractivity contribution in [1.82, 2.24) is 4.31 Å². The summed E-state index contributed by atoms with van der Waals surface area (Å²) in [4.78, 5) is 13.7. The van der Waals surface area contributed by atoms with Crippen LogP contribution >= 0.6 is 23.4 Å². The monoisotopic (exact) mass is 474 g/mol. The van der Waals surface area contributed by atoms with Gasteiger partial charge in [0.15, 0.2) is 0 Å². The molecule has 1 fully saturated rings. The Kier molecular flexibility index (Phi) is 6.86. The fourth-order valence-electron chi connectivity index (χ4n) is 3.71. The summed E-state index contributed by atoms with van der Waals surface area (Å²) >= 11 is 7.76. The number of amides is 1. The highest BCUT2D eigenvalue weighted by atomic mass is 35.5. The van der Waals surface area contributed by atoms with Gasteiger partial charge >= 0.3 is 0 Å². The Balaban J connectivity index is 1.45. The van der Waals surface area contributed by atoms with Crippen molar-refractivity contribution in [3.8, 4) is 0 Å². The second-order valence-electron chi connectivity index (χ2n) is 7.42. The average Bonchev–Trinajstić information content (AvgIpc) is 2.78. The number of rotatable bonds is 6. The molecule has 0 aliphatic carbocycles. The first-order chi connectivity index (χ1) is 14.9. The molecule has 0 radical (unpaired) electrons. The second-order valence-corrected chi connectivity index (χ2v) is 10.8. The van der Waals surface area contributed by atoms with Crippen molar-refractivity contribution in [3.63, 3.8) is 0 Å². The van der Waals surface area contributed by atoms with Crippen molar-refractivity contribution in [1.29, 1.82) is 0 Å². The molecule has 1 N–H and O–H groups in total. The number of piperidine rings is 1. The molecular formula is C23H23ClN2O3S2. The first-order valence-electron chi connectivity index (χ1n) is 10.2. The lowest BCUT2D eigenvalue weighted by molar-refractivity contribution is -0.113. The van der Waals surface area contributed by atoms with Crippen molar-refractivity contribution >= 4 is 55.8 Å². The van der Waals surface area contributed by atoms with Crippen molar-refractivity contribution < 1.29 is 13.2 Å². The van der Waals surface area contributed by atoms with E-state index in [4.69, 9.17) is 11.6 Å². The van der Waals surface area contributed by atoms with Gasteiger partial charge in [0.05, 0.1) is 10.6 Å². The topological polar surface area (TPSA) is 66.5 Å². The predicted molar refractivity (Wildman–Crippen MR) is 127 cm³/mol. The molecule has 4 rings (SSSR count). The molecule has 5 nitrogen and oxygen atoms in total. The highest BCUT2D eigenvalue weighted by Crippen LogP contribution is 2.33. The smallest absolute Gasteiger partial charge is 0.243 e. The van der Waals surface area contributed by atoms with E-state index < -0.39 is 10.0 Å². The lowest BCUT2D eigenvalue weighted by atomic mass is 10.1. The zero-order valence-electron chi connectivity index (χ0n) is 16.9. The van der Waals surface area contributed by atoms with Crippen molar-refractivity contribution in [2.75, 3.05) is 24.2 Å². The molecule has 0 aromatic heterocycles. The Bertz CT molecular complexity index is 1200. The summed E-state index contributed by atoms with van der Waals surface area (Å²) in [6, 6.07) is 18.1. The molecule has 1 amide bonds. The molecule has 1 heterocycles. The molecule has 8 heteroatoms. The fourth-order valence-corrected chi connectivity index (χ4v) is 6.52. The van der Waals surface area contributed by atoms with Gasteiger partial charge in [-0.2, -0.15) is 4.31 Å². The number of hydrogen-bond donors (Lipinski definition) is 1. The van der Waals surface area contributed by atoms with Gasteiger partial charge in [0.1, 0.15) is 0 Å². The van der Waals surface area contributed by atoms with E-state index in [1.54, 1.807) is 18.2 Å². The normalized spacial score (nSPS) is 15.1. The predicted octanol–water partition coefficient (Wildman–Crippen LogP) is 5.40. The quantitative estimate of drug-likeness (QED) is 0.486. The molecular weight excluding hydrogens is 452 g/mol. The molecule has 0 spiro atoms. The van der Waals surface area contributed by atoms with E-state index in [0.717, 1.165) is 34.9 Å². The largest absolute Gasteiger partial charge is 0.325 e. The van der Waals surface area contributed by atoms with E-state index in [1.165, 1.54) is 22.1 Å². The summed E-state index contributed by atoms with van der Waals surface area (Å²) in [7, 11) is -3.54. The third-order valence-corrected chi connectivity index (χ3v) is 8.51. The van der Waals surface area contributed by atoms with E-state index in [9.17, 15) is 13.2 Å². The van der Waals surface area contributed by atoms with Gasteiger partial charge in [-0.05, 0) is 48.6 Å². The van der Waals surface area contributed by atoms with Crippen LogP contribution < -0.4 is 5.32 Å². The van der Waals surface area contributed by atoms with Crippen LogP contribution in [0.25, 0.3) is 10.8 Å². The minimum atomic E-state index is -3.54. The summed E-state index contributed by atoms with van der Waals surface area (Å²) in [6.07, 6.45) is 2.82. The zero-order chi connectivity index (χ0) is 21.8. The lowest BCUT2D eigenvalue weighted by Gasteiger charge is -2.26. The van der Waals surface area contributed by atoms with Gasteiger partial charge in [0.25, 0.3) is 0 Å². The number of nitrogens with one attached hydrogen (secondary N) is 1. The minimum absolute atomic E-state index is 0.188. The number of nitrogens with zero attached hydrogens (tertiary/aromatic N) is 1. The standard InChI is InChI=1S/C23H23ClN2O3S2/c24-20-11-4-7-17-8-5-12-21(23(17)20)30-16-22(27)25-18-9-6-10-19(15-18)31(28,29)26-13-2-1-3-14-26/h4-12,15H,1-3,13-14,16H2,(H,25,27). The number of sulfonamides is 1. The van der Waals surface area contributed by atoms with Gasteiger partial charge < -0.3 is 5.32 Å². The van der Waals surface area contributed by atoms with Crippen LogP contribution in [0.4, 0.5) is 5.69 Å². The Hall–Kier alpha value is -2.06. The third-order valence-electron chi connectivity index (χ3n) is 5.24. The van der Waals surface area contributed by atoms with Crippen LogP contribution in [-0.2, 0) is 14.8 Å². The van der Waals surface area contributed by atoms with Crippen molar-refractivity contribution in [2.45, 2.75) is 29.1 Å². The molecule has 1 aliphatic rings. The highest BCUT2D eigenvalue weighted by Gasteiger charge is 2.26. The van der Waals surface area contributed by atoms with E-state index in [-0.39, 0.29) is 16.6 Å². The van der Waals surface area contributed by atoms with E-state index >= 15 is 0 Å². The maximum Gasteiger partial charge on any atom is 0.243 e. The maximum absolute atomic E-state index is 12.9. The van der Waals surface area contributed by atoms with Crippen LogP contribution in [0.2, 0.25) is 5.02 Å². The molecule has 0 bridgehead atoms. The molecule has 31 heavy (non-hydrogen) atoms. The Labute approximate surface area is 191 Å². The Morgan fingerprint density at radius 3 is 2.48 bits per heavy atom. The van der Waals surface area contributed by atoms with E-state index in [2.05, 4.69) is 5.32 Å². The summed E-state index contributed by atoms with van der Waals surface area (Å²) < 4.78 is 27.3. The Morgan fingerprint density at radius 2 is 1.71 bits per heavy atom. The van der Waals surface area contributed by atoms with Gasteiger partial charge in [0.2, 0.25) is 15.9 Å². The first kappa shape index (κ1) is 22.1. The summed E-state index contributed by atoms with van der Waals surface area (Å²) in [5, 5.41) is 5.42. The molecule has 0 saturated carbocycles. The minimum Gasteiger partial charge on any atom is -0.325 e. The summed E-state index contributed by atoms with van der Waals surface area (Å²) in [5.74, 6) is -0.0189. The molecule has 0 atom stereocenters. The first-order valence-corrected chi connectivity index (χ1v) is 13.0. The lowest BCUT2D eigenvalue weighted by Crippen LogP contribution is -2.35. The van der Waals surface area contributed by atoms with Gasteiger partial charge in [-0.15, -0.1) is 11.8 Å².